The van der Waals surface area contributed by atoms with Gasteiger partial charge in [-0.3, -0.25) is 0 Å². The second-order valence-electron chi connectivity index (χ2n) is 5.47. The third-order valence-corrected chi connectivity index (χ3v) is 3.73. The number of para-hydroxylation sites is 1. The van der Waals surface area contributed by atoms with Gasteiger partial charge in [-0.05, 0) is 18.6 Å². The number of amides is 2. The molecule has 9 heteroatoms. The molecule has 6 nitrogen and oxygen atoms in total. The molecule has 0 bridgehead atoms. The summed E-state index contributed by atoms with van der Waals surface area (Å²) in [5.74, 6) is 0. The van der Waals surface area contributed by atoms with Crippen molar-refractivity contribution in [3.05, 3.63) is 42.2 Å². The minimum Gasteiger partial charge on any atom is -0.391 e. The molecule has 0 saturated carbocycles. The molecule has 1 aromatic carbocycles. The normalized spacial score (nSPS) is 18.0. The summed E-state index contributed by atoms with van der Waals surface area (Å²) in [7, 11) is 0. The molecular weight excluding hydrogens is 325 g/mol. The number of nitrogens with one attached hydrogen (secondary N) is 1. The molecule has 1 aliphatic heterocycles. The van der Waals surface area contributed by atoms with E-state index in [1.807, 2.05) is 0 Å². The predicted octanol–water partition coefficient (Wildman–Crippen LogP) is 2.49. The van der Waals surface area contributed by atoms with E-state index in [-0.39, 0.29) is 12.2 Å². The Kier molecular flexibility index (Phi) is 4.18. The lowest BCUT2D eigenvalue weighted by Crippen LogP contribution is -2.34. The number of hydrogen-bond acceptors (Lipinski definition) is 3. The summed E-state index contributed by atoms with van der Waals surface area (Å²) < 4.78 is 41.1. The van der Waals surface area contributed by atoms with E-state index in [0.29, 0.717) is 13.0 Å². The van der Waals surface area contributed by atoms with Crippen molar-refractivity contribution in [3.8, 4) is 5.69 Å². The summed E-state index contributed by atoms with van der Waals surface area (Å²) in [4.78, 5) is 13.4. The molecule has 0 radical (unpaired) electrons. The largest absolute Gasteiger partial charge is 0.435 e. The fourth-order valence-electron chi connectivity index (χ4n) is 2.60. The van der Waals surface area contributed by atoms with Gasteiger partial charge in [0.2, 0.25) is 0 Å². The molecule has 24 heavy (non-hydrogen) atoms. The van der Waals surface area contributed by atoms with Gasteiger partial charge >= 0.3 is 12.2 Å². The lowest BCUT2D eigenvalue weighted by atomic mass is 10.3. The van der Waals surface area contributed by atoms with E-state index in [0.717, 1.165) is 10.9 Å². The molecule has 1 atom stereocenters. The van der Waals surface area contributed by atoms with E-state index in [1.165, 1.54) is 17.0 Å². The summed E-state index contributed by atoms with van der Waals surface area (Å²) in [6, 6.07) is 7.17. The van der Waals surface area contributed by atoms with Crippen molar-refractivity contribution in [3.63, 3.8) is 0 Å². The van der Waals surface area contributed by atoms with Crippen LogP contribution in [0.1, 0.15) is 12.1 Å². The van der Waals surface area contributed by atoms with Crippen LogP contribution >= 0.6 is 0 Å². The van der Waals surface area contributed by atoms with Gasteiger partial charge in [-0.2, -0.15) is 18.3 Å². The fraction of sp³-hybridized carbons (Fsp3) is 0.333. The third-order valence-electron chi connectivity index (χ3n) is 3.73. The average molecular weight is 340 g/mol. The number of anilines is 1. The molecule has 2 heterocycles. The molecule has 2 aromatic rings. The first kappa shape index (κ1) is 16.3. The van der Waals surface area contributed by atoms with Crippen LogP contribution in [0, 0.1) is 0 Å². The lowest BCUT2D eigenvalue weighted by Gasteiger charge is -2.17. The Morgan fingerprint density at radius 1 is 1.29 bits per heavy atom. The van der Waals surface area contributed by atoms with Crippen LogP contribution in [0.2, 0.25) is 0 Å². The molecule has 0 unspecified atom stereocenters. The number of likely N-dealkylation sites (tertiary alicyclic amines) is 1. The van der Waals surface area contributed by atoms with E-state index >= 15 is 0 Å². The van der Waals surface area contributed by atoms with Crippen LogP contribution in [0.4, 0.5) is 23.7 Å². The summed E-state index contributed by atoms with van der Waals surface area (Å²) in [6.45, 7) is 0.390. The maximum atomic E-state index is 13.5. The number of rotatable bonds is 2. The molecule has 1 aromatic heterocycles. The van der Waals surface area contributed by atoms with Crippen LogP contribution in [-0.2, 0) is 6.18 Å². The molecule has 0 aliphatic carbocycles. The quantitative estimate of drug-likeness (QED) is 0.882. The van der Waals surface area contributed by atoms with Crippen molar-refractivity contribution >= 4 is 11.7 Å². The Labute approximate surface area is 135 Å². The molecule has 2 amide bonds. The van der Waals surface area contributed by atoms with Gasteiger partial charge in [0.05, 0.1) is 23.7 Å². The molecule has 2 N–H and O–H groups in total. The number of carbonyl (C=O) groups is 1. The second kappa shape index (κ2) is 6.16. The smallest absolute Gasteiger partial charge is 0.391 e. The van der Waals surface area contributed by atoms with E-state index in [9.17, 15) is 23.1 Å². The zero-order chi connectivity index (χ0) is 17.3. The standard InChI is InChI=1S/C15H15F3N4O2/c16-15(17,18)13-12(20-14(24)21-7-6-11(23)9-21)8-19-22(13)10-4-2-1-3-5-10/h1-5,8,11,23H,6-7,9H2,(H,20,24)/t11-/m0/s1. The van der Waals surface area contributed by atoms with Crippen molar-refractivity contribution in [2.24, 2.45) is 0 Å². The van der Waals surface area contributed by atoms with Crippen LogP contribution in [0.3, 0.4) is 0 Å². The molecular formula is C15H15F3N4O2. The van der Waals surface area contributed by atoms with Gasteiger partial charge in [0.1, 0.15) is 0 Å². The average Bonchev–Trinajstić information content (AvgIpc) is 3.14. The summed E-state index contributed by atoms with van der Waals surface area (Å²) >= 11 is 0. The zero-order valence-electron chi connectivity index (χ0n) is 12.5. The molecule has 1 fully saturated rings. The highest BCUT2D eigenvalue weighted by atomic mass is 19.4. The van der Waals surface area contributed by atoms with Gasteiger partial charge in [0.15, 0.2) is 5.69 Å². The van der Waals surface area contributed by atoms with Crippen molar-refractivity contribution in [1.29, 1.82) is 0 Å². The second-order valence-corrected chi connectivity index (χ2v) is 5.47. The number of carbonyl (C=O) groups excluding carboxylic acids is 1. The van der Waals surface area contributed by atoms with Crippen molar-refractivity contribution in [2.45, 2.75) is 18.7 Å². The first-order valence-electron chi connectivity index (χ1n) is 7.31. The Bertz CT molecular complexity index is 730. The van der Waals surface area contributed by atoms with Crippen LogP contribution < -0.4 is 5.32 Å². The van der Waals surface area contributed by atoms with E-state index in [4.69, 9.17) is 0 Å². The topological polar surface area (TPSA) is 70.4 Å². The number of alkyl halides is 3. The number of aliphatic hydroxyl groups excluding tert-OH is 1. The Hall–Kier alpha value is -2.55. The maximum Gasteiger partial charge on any atom is 0.435 e. The summed E-state index contributed by atoms with van der Waals surface area (Å²) in [6.07, 6.45) is -3.97. The highest BCUT2D eigenvalue weighted by Crippen LogP contribution is 2.36. The van der Waals surface area contributed by atoms with Gasteiger partial charge in [-0.15, -0.1) is 0 Å². The van der Waals surface area contributed by atoms with Gasteiger partial charge in [-0.25, -0.2) is 9.48 Å². The van der Waals surface area contributed by atoms with Crippen molar-refractivity contribution in [1.82, 2.24) is 14.7 Å². The minimum absolute atomic E-state index is 0.0972. The van der Waals surface area contributed by atoms with E-state index in [1.54, 1.807) is 18.2 Å². The Morgan fingerprint density at radius 3 is 2.58 bits per heavy atom. The number of aromatic nitrogens is 2. The zero-order valence-corrected chi connectivity index (χ0v) is 12.5. The van der Waals surface area contributed by atoms with Crippen LogP contribution in [0.5, 0.6) is 0 Å². The van der Waals surface area contributed by atoms with Crippen molar-refractivity contribution in [2.75, 3.05) is 18.4 Å². The SMILES string of the molecule is O=C(Nc1cnn(-c2ccccc2)c1C(F)(F)F)N1CC[C@H](O)C1. The van der Waals surface area contributed by atoms with Crippen molar-refractivity contribution < 1.29 is 23.1 Å². The molecule has 3 rings (SSSR count). The number of nitrogens with zero attached hydrogens (tertiary/aromatic N) is 3. The molecule has 1 saturated heterocycles. The predicted molar refractivity (Wildman–Crippen MR) is 79.8 cm³/mol. The summed E-state index contributed by atoms with van der Waals surface area (Å²) in [5.41, 5.74) is -1.23. The number of aliphatic hydroxyl groups is 1. The maximum absolute atomic E-state index is 13.5. The van der Waals surface area contributed by atoms with Gasteiger partial charge < -0.3 is 15.3 Å². The molecule has 1 aliphatic rings. The van der Waals surface area contributed by atoms with E-state index in [2.05, 4.69) is 10.4 Å². The Balaban J connectivity index is 1.91. The number of benzene rings is 1. The number of hydrogen-bond donors (Lipinski definition) is 2. The van der Waals surface area contributed by atoms with Crippen LogP contribution in [0.25, 0.3) is 5.69 Å². The van der Waals surface area contributed by atoms with E-state index < -0.39 is 29.7 Å². The highest BCUT2D eigenvalue weighted by molar-refractivity contribution is 5.90. The number of halogens is 3. The van der Waals surface area contributed by atoms with Gasteiger partial charge in [0, 0.05) is 13.1 Å². The number of urea groups is 1. The number of β-amino-alcohol motifs (C(OH)–C–C–N with tert-alkyl or cyclic N) is 1. The molecule has 128 valence electrons. The fourth-order valence-corrected chi connectivity index (χ4v) is 2.60. The monoisotopic (exact) mass is 340 g/mol. The Morgan fingerprint density at radius 2 is 2.00 bits per heavy atom. The van der Waals surface area contributed by atoms with Crippen LogP contribution in [-0.4, -0.2) is 45.0 Å². The lowest BCUT2D eigenvalue weighted by molar-refractivity contribution is -0.142. The minimum atomic E-state index is -4.69. The first-order valence-corrected chi connectivity index (χ1v) is 7.31. The van der Waals surface area contributed by atoms with Gasteiger partial charge in [0.25, 0.3) is 0 Å². The molecule has 0 spiro atoms. The first-order chi connectivity index (χ1) is 11.4. The van der Waals surface area contributed by atoms with Gasteiger partial charge in [-0.1, -0.05) is 18.2 Å². The highest BCUT2D eigenvalue weighted by Gasteiger charge is 2.39. The third kappa shape index (κ3) is 3.21. The van der Waals surface area contributed by atoms with Crippen LogP contribution in [0.15, 0.2) is 36.5 Å². The summed E-state index contributed by atoms with van der Waals surface area (Å²) in [5, 5.41) is 15.4.